The van der Waals surface area contributed by atoms with Gasteiger partial charge in [0.05, 0.1) is 11.3 Å². The van der Waals surface area contributed by atoms with Crippen molar-refractivity contribution < 1.29 is 9.90 Å². The molecule has 3 rings (SSSR count). The van der Waals surface area contributed by atoms with Crippen LogP contribution in [0.4, 0.5) is 0 Å². The zero-order valence-electron chi connectivity index (χ0n) is 10.4. The standard InChI is InChI=1S/C14H15N3O2/c15-11-4-5-13-16-12(8-17(13)7-11)9-2-1-3-10(6-9)14(18)19/h1-3,6,8,11H,4-5,7,15H2,(H,18,19). The van der Waals surface area contributed by atoms with Crippen LogP contribution in [0.1, 0.15) is 22.6 Å². The Morgan fingerprint density at radius 3 is 3.11 bits per heavy atom. The lowest BCUT2D eigenvalue weighted by Gasteiger charge is -2.19. The van der Waals surface area contributed by atoms with Crippen LogP contribution in [0, 0.1) is 0 Å². The lowest BCUT2D eigenvalue weighted by atomic mass is 10.1. The summed E-state index contributed by atoms with van der Waals surface area (Å²) < 4.78 is 2.07. The minimum Gasteiger partial charge on any atom is -0.478 e. The summed E-state index contributed by atoms with van der Waals surface area (Å²) in [4.78, 5) is 15.6. The zero-order chi connectivity index (χ0) is 13.4. The van der Waals surface area contributed by atoms with E-state index < -0.39 is 5.97 Å². The average Bonchev–Trinajstić information content (AvgIpc) is 2.81. The van der Waals surface area contributed by atoms with Crippen molar-refractivity contribution in [3.63, 3.8) is 0 Å². The molecule has 1 aromatic heterocycles. The predicted molar refractivity (Wildman–Crippen MR) is 70.9 cm³/mol. The largest absolute Gasteiger partial charge is 0.478 e. The molecule has 0 spiro atoms. The molecule has 0 bridgehead atoms. The molecule has 19 heavy (non-hydrogen) atoms. The molecule has 0 fully saturated rings. The summed E-state index contributed by atoms with van der Waals surface area (Å²) in [5, 5.41) is 9.01. The number of aromatic carboxylic acids is 1. The van der Waals surface area contributed by atoms with Crippen LogP contribution in [0.5, 0.6) is 0 Å². The van der Waals surface area contributed by atoms with Gasteiger partial charge in [-0.3, -0.25) is 0 Å². The van der Waals surface area contributed by atoms with E-state index in [4.69, 9.17) is 10.8 Å². The highest BCUT2D eigenvalue weighted by atomic mass is 16.4. The Balaban J connectivity index is 1.99. The van der Waals surface area contributed by atoms with Crippen molar-refractivity contribution in [2.75, 3.05) is 0 Å². The number of carboxylic acid groups (broad SMARTS) is 1. The Kier molecular flexibility index (Phi) is 2.83. The third-order valence-electron chi connectivity index (χ3n) is 3.43. The number of aromatic nitrogens is 2. The van der Waals surface area contributed by atoms with Crippen molar-refractivity contribution in [2.45, 2.75) is 25.4 Å². The summed E-state index contributed by atoms with van der Waals surface area (Å²) in [5.41, 5.74) is 7.85. The molecule has 0 saturated heterocycles. The van der Waals surface area contributed by atoms with E-state index in [1.54, 1.807) is 18.2 Å². The summed E-state index contributed by atoms with van der Waals surface area (Å²) in [6, 6.07) is 7.03. The maximum atomic E-state index is 11.0. The van der Waals surface area contributed by atoms with E-state index in [0.29, 0.717) is 0 Å². The molecule has 1 aliphatic heterocycles. The maximum Gasteiger partial charge on any atom is 0.335 e. The van der Waals surface area contributed by atoms with Crippen LogP contribution in [0.15, 0.2) is 30.5 Å². The second-order valence-corrected chi connectivity index (χ2v) is 4.88. The van der Waals surface area contributed by atoms with Crippen LogP contribution in [0.25, 0.3) is 11.3 Å². The number of fused-ring (bicyclic) bond motifs is 1. The summed E-state index contributed by atoms with van der Waals surface area (Å²) >= 11 is 0. The Hall–Kier alpha value is -2.14. The van der Waals surface area contributed by atoms with E-state index in [0.717, 1.165) is 36.5 Å². The highest BCUT2D eigenvalue weighted by Gasteiger charge is 2.18. The molecule has 0 saturated carbocycles. The topological polar surface area (TPSA) is 81.1 Å². The van der Waals surface area contributed by atoms with Gasteiger partial charge in [0.2, 0.25) is 0 Å². The normalized spacial score (nSPS) is 18.1. The summed E-state index contributed by atoms with van der Waals surface area (Å²) in [5.74, 6) is 0.102. The van der Waals surface area contributed by atoms with Crippen LogP contribution in [-0.2, 0) is 13.0 Å². The maximum absolute atomic E-state index is 11.0. The van der Waals surface area contributed by atoms with E-state index >= 15 is 0 Å². The third-order valence-corrected chi connectivity index (χ3v) is 3.43. The highest BCUT2D eigenvalue weighted by Crippen LogP contribution is 2.23. The fourth-order valence-electron chi connectivity index (χ4n) is 2.42. The van der Waals surface area contributed by atoms with Gasteiger partial charge in [-0.25, -0.2) is 9.78 Å². The van der Waals surface area contributed by atoms with E-state index in [2.05, 4.69) is 9.55 Å². The first-order valence-electron chi connectivity index (χ1n) is 6.29. The number of nitrogens with zero attached hydrogens (tertiary/aromatic N) is 2. The SMILES string of the molecule is NC1CCc2nc(-c3cccc(C(=O)O)c3)cn2C1. The van der Waals surface area contributed by atoms with Gasteiger partial charge in [-0.1, -0.05) is 12.1 Å². The molecule has 0 amide bonds. The van der Waals surface area contributed by atoms with Gasteiger partial charge in [0, 0.05) is 30.8 Å². The minimum absolute atomic E-state index is 0.180. The van der Waals surface area contributed by atoms with Crippen molar-refractivity contribution in [3.8, 4) is 11.3 Å². The summed E-state index contributed by atoms with van der Waals surface area (Å²) in [7, 11) is 0. The number of hydrogen-bond acceptors (Lipinski definition) is 3. The van der Waals surface area contributed by atoms with Crippen LogP contribution in [0.2, 0.25) is 0 Å². The molecule has 98 valence electrons. The number of benzene rings is 1. The Morgan fingerprint density at radius 1 is 1.47 bits per heavy atom. The summed E-state index contributed by atoms with van der Waals surface area (Å²) in [6.45, 7) is 0.779. The minimum atomic E-state index is -0.923. The molecule has 2 heterocycles. The number of aryl methyl sites for hydroxylation is 1. The average molecular weight is 257 g/mol. The van der Waals surface area contributed by atoms with Gasteiger partial charge in [-0.15, -0.1) is 0 Å². The van der Waals surface area contributed by atoms with Crippen LogP contribution in [-0.4, -0.2) is 26.7 Å². The van der Waals surface area contributed by atoms with Gasteiger partial charge in [-0.2, -0.15) is 0 Å². The first-order valence-corrected chi connectivity index (χ1v) is 6.29. The van der Waals surface area contributed by atoms with E-state index in [-0.39, 0.29) is 11.6 Å². The third kappa shape index (κ3) is 2.24. The molecule has 2 aromatic rings. The van der Waals surface area contributed by atoms with Crippen molar-refractivity contribution in [3.05, 3.63) is 41.9 Å². The molecular weight excluding hydrogens is 242 g/mol. The van der Waals surface area contributed by atoms with E-state index in [1.165, 1.54) is 0 Å². The van der Waals surface area contributed by atoms with Crippen molar-refractivity contribution >= 4 is 5.97 Å². The van der Waals surface area contributed by atoms with Gasteiger partial charge in [0.25, 0.3) is 0 Å². The first kappa shape index (κ1) is 11.9. The molecule has 5 heteroatoms. The van der Waals surface area contributed by atoms with E-state index in [9.17, 15) is 4.79 Å². The first-order chi connectivity index (χ1) is 9.13. The number of imidazole rings is 1. The van der Waals surface area contributed by atoms with Gasteiger partial charge in [-0.05, 0) is 18.6 Å². The number of hydrogen-bond donors (Lipinski definition) is 2. The quantitative estimate of drug-likeness (QED) is 0.854. The van der Waals surface area contributed by atoms with Crippen molar-refractivity contribution in [1.82, 2.24) is 9.55 Å². The number of nitrogens with two attached hydrogens (primary N) is 1. The van der Waals surface area contributed by atoms with Crippen LogP contribution >= 0.6 is 0 Å². The van der Waals surface area contributed by atoms with Gasteiger partial charge >= 0.3 is 5.97 Å². The molecule has 0 aliphatic carbocycles. The molecular formula is C14H15N3O2. The lowest BCUT2D eigenvalue weighted by molar-refractivity contribution is 0.0697. The Morgan fingerprint density at radius 2 is 2.32 bits per heavy atom. The molecule has 3 N–H and O–H groups in total. The number of carboxylic acids is 1. The fourth-order valence-corrected chi connectivity index (χ4v) is 2.42. The zero-order valence-corrected chi connectivity index (χ0v) is 10.4. The van der Waals surface area contributed by atoms with Gasteiger partial charge in [0.1, 0.15) is 5.82 Å². The number of carbonyl (C=O) groups is 1. The monoisotopic (exact) mass is 257 g/mol. The van der Waals surface area contributed by atoms with E-state index in [1.807, 2.05) is 12.3 Å². The van der Waals surface area contributed by atoms with Crippen molar-refractivity contribution in [2.24, 2.45) is 5.73 Å². The molecule has 0 radical (unpaired) electrons. The second kappa shape index (κ2) is 4.51. The molecule has 1 unspecified atom stereocenters. The highest BCUT2D eigenvalue weighted by molar-refractivity contribution is 5.89. The van der Waals surface area contributed by atoms with Crippen molar-refractivity contribution in [1.29, 1.82) is 0 Å². The van der Waals surface area contributed by atoms with Gasteiger partial charge in [0.15, 0.2) is 0 Å². The Labute approximate surface area is 110 Å². The molecule has 1 atom stereocenters. The predicted octanol–water partition coefficient (Wildman–Crippen LogP) is 1.52. The number of rotatable bonds is 2. The molecule has 1 aliphatic rings. The molecule has 1 aromatic carbocycles. The van der Waals surface area contributed by atoms with Crippen LogP contribution < -0.4 is 5.73 Å². The lowest BCUT2D eigenvalue weighted by Crippen LogP contribution is -2.31. The summed E-state index contributed by atoms with van der Waals surface area (Å²) in [6.07, 6.45) is 3.78. The Bertz CT molecular complexity index is 633. The fraction of sp³-hybridized carbons (Fsp3) is 0.286. The van der Waals surface area contributed by atoms with Crippen LogP contribution in [0.3, 0.4) is 0 Å². The molecule has 5 nitrogen and oxygen atoms in total. The van der Waals surface area contributed by atoms with Gasteiger partial charge < -0.3 is 15.4 Å². The smallest absolute Gasteiger partial charge is 0.335 e. The second-order valence-electron chi connectivity index (χ2n) is 4.88.